The van der Waals surface area contributed by atoms with Crippen molar-refractivity contribution in [2.45, 2.75) is 25.7 Å². The molecule has 3 heteroatoms. The van der Waals surface area contributed by atoms with E-state index in [1.165, 1.54) is 72.1 Å². The van der Waals surface area contributed by atoms with Gasteiger partial charge in [-0.25, -0.2) is 0 Å². The third-order valence-corrected chi connectivity index (χ3v) is 14.3. The maximum atomic E-state index is 4.99. The highest BCUT2D eigenvalue weighted by Crippen LogP contribution is 2.42. The molecule has 0 atom stereocenters. The van der Waals surface area contributed by atoms with Crippen LogP contribution in [0.4, 0.5) is 0 Å². The van der Waals surface area contributed by atoms with E-state index in [2.05, 4.69) is 240 Å². The first-order valence-electron chi connectivity index (χ1n) is 25.6. The van der Waals surface area contributed by atoms with Crippen LogP contribution < -0.4 is 0 Å². The zero-order valence-corrected chi connectivity index (χ0v) is 41.2. The highest BCUT2D eigenvalue weighted by Gasteiger charge is 2.17. The fourth-order valence-corrected chi connectivity index (χ4v) is 10.3. The SMILES string of the molecule is c1ccc(-c2ccc(-c3ccc(-c4cc(-c5cc6ccccc6cn5)ccc4-c4ccccc4-c4cc(CCc5ccc(-c6ccccn6)cc5)cc(CCc5ccc(-c6ccccn6)cc5)c4)cc3)cc2)cc1. The molecular weight excluding hydrogens is 895 g/mol. The van der Waals surface area contributed by atoms with Gasteiger partial charge in [0, 0.05) is 40.7 Å². The maximum Gasteiger partial charge on any atom is 0.0708 e. The predicted molar refractivity (Wildman–Crippen MR) is 309 cm³/mol. The number of hydrogen-bond acceptors (Lipinski definition) is 3. The molecule has 0 bridgehead atoms. The van der Waals surface area contributed by atoms with Gasteiger partial charge in [-0.15, -0.1) is 0 Å². The van der Waals surface area contributed by atoms with Gasteiger partial charge < -0.3 is 0 Å². The largest absolute Gasteiger partial charge is 0.256 e. The lowest BCUT2D eigenvalue weighted by Crippen LogP contribution is -1.98. The van der Waals surface area contributed by atoms with E-state index in [1.54, 1.807) is 0 Å². The van der Waals surface area contributed by atoms with Crippen LogP contribution in [0.25, 0.3) is 100 Å². The van der Waals surface area contributed by atoms with Crippen molar-refractivity contribution < 1.29 is 0 Å². The Hall–Kier alpha value is -9.31. The fourth-order valence-electron chi connectivity index (χ4n) is 10.3. The van der Waals surface area contributed by atoms with Crippen molar-refractivity contribution in [3.8, 4) is 89.4 Å². The van der Waals surface area contributed by atoms with Crippen LogP contribution in [-0.2, 0) is 25.7 Å². The first-order chi connectivity index (χ1) is 36.6. The molecule has 0 saturated heterocycles. The molecule has 0 fully saturated rings. The van der Waals surface area contributed by atoms with Crippen molar-refractivity contribution in [1.82, 2.24) is 15.0 Å². The first-order valence-corrected chi connectivity index (χ1v) is 25.6. The minimum absolute atomic E-state index is 0.921. The molecule has 0 spiro atoms. The Kier molecular flexibility index (Phi) is 13.1. The zero-order valence-electron chi connectivity index (χ0n) is 41.2. The van der Waals surface area contributed by atoms with E-state index < -0.39 is 0 Å². The molecule has 0 amide bonds. The molecule has 0 saturated carbocycles. The monoisotopic (exact) mass is 947 g/mol. The van der Waals surface area contributed by atoms with E-state index in [-0.39, 0.29) is 0 Å². The van der Waals surface area contributed by atoms with Gasteiger partial charge in [0.05, 0.1) is 17.1 Å². The Morgan fingerprint density at radius 3 is 1.23 bits per heavy atom. The summed E-state index contributed by atoms with van der Waals surface area (Å²) >= 11 is 0. The average molecular weight is 948 g/mol. The smallest absolute Gasteiger partial charge is 0.0708 e. The van der Waals surface area contributed by atoms with Gasteiger partial charge in [0.15, 0.2) is 0 Å². The summed E-state index contributed by atoms with van der Waals surface area (Å²) in [5.41, 5.74) is 23.5. The van der Waals surface area contributed by atoms with Crippen molar-refractivity contribution in [2.75, 3.05) is 0 Å². The van der Waals surface area contributed by atoms with Gasteiger partial charge in [0.2, 0.25) is 0 Å². The van der Waals surface area contributed by atoms with Gasteiger partial charge in [-0.1, -0.05) is 218 Å². The molecule has 0 aliphatic carbocycles. The van der Waals surface area contributed by atoms with E-state index in [9.17, 15) is 0 Å². The van der Waals surface area contributed by atoms with Crippen LogP contribution in [0.5, 0.6) is 0 Å². The van der Waals surface area contributed by atoms with Crippen LogP contribution in [0, 0.1) is 0 Å². The predicted octanol–water partition coefficient (Wildman–Crippen LogP) is 17.9. The standard InChI is InChI=1S/C71H53N3/c1-2-12-54(13-3-1)55-32-34-56(35-33-55)57-36-38-58(39-37-57)68-47-62(71-48-61-14-4-5-15-63(61)49-74-71)40-41-67(68)66-17-7-6-16-65(66)64-45-52(22-20-50-24-28-59(29-25-50)69-18-8-10-42-72-69)44-53(46-64)23-21-51-26-30-60(31-27-51)70-19-9-11-43-73-70/h1-19,24-49H,20-23H2. The number of fused-ring (bicyclic) bond motifs is 1. The number of aromatic nitrogens is 3. The Morgan fingerprint density at radius 2 is 0.662 bits per heavy atom. The van der Waals surface area contributed by atoms with E-state index in [0.29, 0.717) is 0 Å². The molecule has 0 N–H and O–H groups in total. The lowest BCUT2D eigenvalue weighted by atomic mass is 9.86. The molecule has 74 heavy (non-hydrogen) atoms. The lowest BCUT2D eigenvalue weighted by molar-refractivity contribution is 0.931. The minimum atomic E-state index is 0.921. The summed E-state index contributed by atoms with van der Waals surface area (Å²) in [6.45, 7) is 0. The summed E-state index contributed by atoms with van der Waals surface area (Å²) < 4.78 is 0. The Labute approximate surface area is 434 Å². The Bertz CT molecular complexity index is 3730. The van der Waals surface area contributed by atoms with Crippen LogP contribution in [-0.4, -0.2) is 15.0 Å². The number of pyridine rings is 3. The van der Waals surface area contributed by atoms with E-state index in [0.717, 1.165) is 76.0 Å². The van der Waals surface area contributed by atoms with Gasteiger partial charge in [-0.3, -0.25) is 15.0 Å². The van der Waals surface area contributed by atoms with Gasteiger partial charge in [0.1, 0.15) is 0 Å². The fraction of sp³-hybridized carbons (Fsp3) is 0.0563. The molecular formula is C71H53N3. The van der Waals surface area contributed by atoms with Gasteiger partial charge in [-0.2, -0.15) is 0 Å². The van der Waals surface area contributed by atoms with Gasteiger partial charge in [0.25, 0.3) is 0 Å². The second-order valence-electron chi connectivity index (χ2n) is 19.1. The van der Waals surface area contributed by atoms with Crippen LogP contribution in [0.2, 0.25) is 0 Å². The van der Waals surface area contributed by atoms with Crippen molar-refractivity contribution in [1.29, 1.82) is 0 Å². The van der Waals surface area contributed by atoms with Gasteiger partial charge >= 0.3 is 0 Å². The van der Waals surface area contributed by atoms with E-state index in [4.69, 9.17) is 4.98 Å². The normalized spacial score (nSPS) is 11.2. The topological polar surface area (TPSA) is 38.7 Å². The highest BCUT2D eigenvalue weighted by molar-refractivity contribution is 5.94. The summed E-state index contributed by atoms with van der Waals surface area (Å²) in [7, 11) is 0. The van der Waals surface area contributed by atoms with Crippen LogP contribution in [0.1, 0.15) is 22.3 Å². The molecule has 9 aromatic carbocycles. The Balaban J connectivity index is 0.909. The number of rotatable bonds is 14. The highest BCUT2D eigenvalue weighted by atomic mass is 14.7. The van der Waals surface area contributed by atoms with Crippen molar-refractivity contribution in [3.63, 3.8) is 0 Å². The van der Waals surface area contributed by atoms with Crippen molar-refractivity contribution in [3.05, 3.63) is 296 Å². The molecule has 3 aromatic heterocycles. The molecule has 0 aliphatic rings. The quantitative estimate of drug-likeness (QED) is 0.109. The second kappa shape index (κ2) is 21.2. The molecule has 3 nitrogen and oxygen atoms in total. The van der Waals surface area contributed by atoms with Crippen molar-refractivity contribution >= 4 is 10.8 Å². The van der Waals surface area contributed by atoms with E-state index >= 15 is 0 Å². The summed E-state index contributed by atoms with van der Waals surface area (Å²) in [6, 6.07) is 92.3. The van der Waals surface area contributed by atoms with Crippen LogP contribution in [0.3, 0.4) is 0 Å². The summed E-state index contributed by atoms with van der Waals surface area (Å²) in [5.74, 6) is 0. The molecule has 0 aliphatic heterocycles. The number of aryl methyl sites for hydroxylation is 4. The maximum absolute atomic E-state index is 4.99. The second-order valence-corrected chi connectivity index (χ2v) is 19.1. The molecule has 3 heterocycles. The summed E-state index contributed by atoms with van der Waals surface area (Å²) in [6.07, 6.45) is 9.41. The average Bonchev–Trinajstić information content (AvgIpc) is 3.49. The first kappa shape index (κ1) is 45.8. The molecule has 12 aromatic rings. The zero-order chi connectivity index (χ0) is 49.5. The Morgan fingerprint density at radius 1 is 0.216 bits per heavy atom. The lowest BCUT2D eigenvalue weighted by Gasteiger charge is -2.18. The minimum Gasteiger partial charge on any atom is -0.256 e. The third-order valence-electron chi connectivity index (χ3n) is 14.3. The number of benzene rings is 9. The van der Waals surface area contributed by atoms with E-state index in [1.807, 2.05) is 42.9 Å². The summed E-state index contributed by atoms with van der Waals surface area (Å²) in [5, 5.41) is 2.31. The molecule has 0 radical (unpaired) electrons. The van der Waals surface area contributed by atoms with Gasteiger partial charge in [-0.05, 0) is 145 Å². The molecule has 12 rings (SSSR count). The molecule has 0 unspecified atom stereocenters. The van der Waals surface area contributed by atoms with Crippen LogP contribution >= 0.6 is 0 Å². The van der Waals surface area contributed by atoms with Crippen molar-refractivity contribution in [2.24, 2.45) is 0 Å². The number of hydrogen-bond donors (Lipinski definition) is 0. The third kappa shape index (κ3) is 10.2. The van der Waals surface area contributed by atoms with Crippen LogP contribution in [0.15, 0.2) is 273 Å². The summed E-state index contributed by atoms with van der Waals surface area (Å²) in [4.78, 5) is 14.1. The number of nitrogens with zero attached hydrogens (tertiary/aromatic N) is 3. The molecule has 352 valence electrons.